The molecule has 1 saturated heterocycles. The van der Waals surface area contributed by atoms with Gasteiger partial charge in [0.2, 0.25) is 0 Å². The quantitative estimate of drug-likeness (QED) is 0.204. The number of ether oxygens (including phenoxy) is 4. The first kappa shape index (κ1) is 31.4. The second kappa shape index (κ2) is 11.6. The van der Waals surface area contributed by atoms with Crippen molar-refractivity contribution in [2.24, 2.45) is 28.1 Å². The van der Waals surface area contributed by atoms with E-state index in [0.717, 1.165) is 38.5 Å². The summed E-state index contributed by atoms with van der Waals surface area (Å²) in [6.45, 7) is 11.1. The van der Waals surface area contributed by atoms with Gasteiger partial charge in [0.25, 0.3) is 0 Å². The largest absolute Gasteiger partial charge is 0.462 e. The summed E-state index contributed by atoms with van der Waals surface area (Å²) in [5, 5.41) is 40.5. The van der Waals surface area contributed by atoms with Gasteiger partial charge in [-0.25, -0.2) is 0 Å². The molecular weight excluding hydrogens is 520 g/mol. The molecule has 0 aromatic heterocycles. The summed E-state index contributed by atoms with van der Waals surface area (Å²) in [6.07, 6.45) is 0.243. The van der Waals surface area contributed by atoms with Gasteiger partial charge in [0.15, 0.2) is 6.29 Å². The predicted molar refractivity (Wildman–Crippen MR) is 144 cm³/mol. The van der Waals surface area contributed by atoms with Gasteiger partial charge in [-0.2, -0.15) is 0 Å². The Morgan fingerprint density at radius 3 is 2.33 bits per heavy atom. The zero-order chi connectivity index (χ0) is 29.6. The molecule has 2 saturated carbocycles. The summed E-state index contributed by atoms with van der Waals surface area (Å²) < 4.78 is 22.9. The monoisotopic (exact) mass is 568 g/mol. The fourth-order valence-electron chi connectivity index (χ4n) is 8.32. The number of aliphatic hydroxyl groups excluding tert-OH is 4. The van der Waals surface area contributed by atoms with Gasteiger partial charge in [0, 0.05) is 19.3 Å². The lowest BCUT2D eigenvalue weighted by molar-refractivity contribution is -0.327. The number of hydrogen-bond donors (Lipinski definition) is 4. The van der Waals surface area contributed by atoms with Gasteiger partial charge in [-0.3, -0.25) is 9.59 Å². The average Bonchev–Trinajstić information content (AvgIpc) is 2.87. The van der Waals surface area contributed by atoms with Crippen molar-refractivity contribution >= 4 is 11.9 Å². The zero-order valence-electron chi connectivity index (χ0n) is 24.7. The van der Waals surface area contributed by atoms with Gasteiger partial charge in [0.1, 0.15) is 37.1 Å². The summed E-state index contributed by atoms with van der Waals surface area (Å²) in [7, 11) is 0. The van der Waals surface area contributed by atoms with Crippen molar-refractivity contribution in [3.8, 4) is 0 Å². The van der Waals surface area contributed by atoms with E-state index in [1.165, 1.54) is 19.4 Å². The van der Waals surface area contributed by atoms with Crippen LogP contribution in [0, 0.1) is 28.1 Å². The van der Waals surface area contributed by atoms with Crippen LogP contribution in [0.3, 0.4) is 0 Å². The number of allylic oxidation sites excluding steroid dienone is 1. The molecule has 0 amide bonds. The Bertz CT molecular complexity index is 978. The van der Waals surface area contributed by atoms with Crippen molar-refractivity contribution in [2.75, 3.05) is 13.2 Å². The number of carbonyl (C=O) groups is 2. The van der Waals surface area contributed by atoms with E-state index in [-0.39, 0.29) is 23.5 Å². The Labute approximate surface area is 237 Å². The SMILES string of the molecule is CC(=O)OC[C@H](OC(C)=O)[C@@]1(C)C=C2CC[C@H]3C(C)(C)[C@H](O[C@@H]4O[C@H](CO)[C@@H](O)[C@H](O)[C@H]4O)CC[C@]3(C)[C@H]2CC1. The molecule has 3 fully saturated rings. The van der Waals surface area contributed by atoms with Gasteiger partial charge < -0.3 is 39.4 Å². The fraction of sp³-hybridized carbons (Fsp3) is 0.867. The number of esters is 2. The van der Waals surface area contributed by atoms with Crippen LogP contribution in [0.15, 0.2) is 11.6 Å². The van der Waals surface area contributed by atoms with Crippen molar-refractivity contribution in [2.45, 2.75) is 123 Å². The lowest BCUT2D eigenvalue weighted by atomic mass is 9.45. The first-order valence-corrected chi connectivity index (χ1v) is 14.6. The Morgan fingerprint density at radius 2 is 1.70 bits per heavy atom. The Morgan fingerprint density at radius 1 is 1.00 bits per heavy atom. The van der Waals surface area contributed by atoms with Gasteiger partial charge >= 0.3 is 11.9 Å². The van der Waals surface area contributed by atoms with Crippen LogP contribution in [0.1, 0.15) is 80.1 Å². The highest BCUT2D eigenvalue weighted by molar-refractivity contribution is 5.67. The molecule has 0 bridgehead atoms. The summed E-state index contributed by atoms with van der Waals surface area (Å²) >= 11 is 0. The summed E-state index contributed by atoms with van der Waals surface area (Å²) in [4.78, 5) is 23.4. The molecule has 1 aliphatic heterocycles. The minimum atomic E-state index is -1.47. The van der Waals surface area contributed by atoms with Crippen LogP contribution in [0.4, 0.5) is 0 Å². The summed E-state index contributed by atoms with van der Waals surface area (Å²) in [6, 6.07) is 0. The number of rotatable bonds is 7. The van der Waals surface area contributed by atoms with E-state index < -0.39 is 60.8 Å². The van der Waals surface area contributed by atoms with E-state index in [4.69, 9.17) is 18.9 Å². The van der Waals surface area contributed by atoms with Crippen LogP contribution in [0.25, 0.3) is 0 Å². The lowest BCUT2D eigenvalue weighted by Gasteiger charge is -2.62. The standard InChI is InChI=1S/C30H48O10/c1-16(32)37-15-23(38-17(2)33)29(5)11-9-19-18(13-29)7-8-21-28(3,4)22(10-12-30(19,21)6)40-27-26(36)25(35)24(34)20(14-31)39-27/h13,19-27,31,34-36H,7-12,14-15H2,1-6H3/t19-,20+,21-,22+,23-,24+,25-,26+,27-,29+,30+/m0/s1. The van der Waals surface area contributed by atoms with E-state index in [2.05, 4.69) is 33.8 Å². The van der Waals surface area contributed by atoms with Gasteiger partial charge in [0.05, 0.1) is 12.7 Å². The molecule has 10 nitrogen and oxygen atoms in total. The van der Waals surface area contributed by atoms with Crippen LogP contribution in [0.2, 0.25) is 0 Å². The molecule has 0 unspecified atom stereocenters. The maximum atomic E-state index is 11.9. The Hall–Kier alpha value is -1.56. The normalized spacial score (nSPS) is 43.5. The number of fused-ring (bicyclic) bond motifs is 3. The van der Waals surface area contributed by atoms with Crippen LogP contribution in [0.5, 0.6) is 0 Å². The summed E-state index contributed by atoms with van der Waals surface area (Å²) in [5.41, 5.74) is 0.677. The predicted octanol–water partition coefficient (Wildman–Crippen LogP) is 2.25. The van der Waals surface area contributed by atoms with E-state index >= 15 is 0 Å². The Balaban J connectivity index is 1.52. The highest BCUT2D eigenvalue weighted by Crippen LogP contribution is 2.64. The molecule has 4 N–H and O–H groups in total. The molecule has 1 heterocycles. The molecule has 0 radical (unpaired) electrons. The van der Waals surface area contributed by atoms with Crippen molar-refractivity contribution < 1.29 is 49.0 Å². The highest BCUT2D eigenvalue weighted by Gasteiger charge is 2.59. The third kappa shape index (κ3) is 5.72. The third-order valence-electron chi connectivity index (χ3n) is 10.5. The van der Waals surface area contributed by atoms with E-state index in [9.17, 15) is 30.0 Å². The molecular formula is C30H48O10. The second-order valence-electron chi connectivity index (χ2n) is 13.5. The zero-order valence-corrected chi connectivity index (χ0v) is 24.7. The smallest absolute Gasteiger partial charge is 0.303 e. The minimum Gasteiger partial charge on any atom is -0.462 e. The van der Waals surface area contributed by atoms with Crippen molar-refractivity contribution in [1.82, 2.24) is 0 Å². The first-order valence-electron chi connectivity index (χ1n) is 14.6. The van der Waals surface area contributed by atoms with E-state index in [1.54, 1.807) is 0 Å². The van der Waals surface area contributed by atoms with E-state index in [0.29, 0.717) is 11.8 Å². The second-order valence-corrected chi connectivity index (χ2v) is 13.5. The Kier molecular flexibility index (Phi) is 9.11. The van der Waals surface area contributed by atoms with Gasteiger partial charge in [-0.05, 0) is 61.2 Å². The topological polar surface area (TPSA) is 152 Å². The third-order valence-corrected chi connectivity index (χ3v) is 10.5. The molecule has 0 spiro atoms. The molecule has 3 aliphatic carbocycles. The molecule has 228 valence electrons. The molecule has 0 aromatic carbocycles. The number of carbonyl (C=O) groups excluding carboxylic acids is 2. The molecule has 11 atom stereocenters. The maximum Gasteiger partial charge on any atom is 0.303 e. The van der Waals surface area contributed by atoms with Crippen LogP contribution in [-0.2, 0) is 28.5 Å². The molecule has 4 aliphatic rings. The molecule has 10 heteroatoms. The molecule has 0 aromatic rings. The maximum absolute atomic E-state index is 11.9. The van der Waals surface area contributed by atoms with Crippen molar-refractivity contribution in [1.29, 1.82) is 0 Å². The fourth-order valence-corrected chi connectivity index (χ4v) is 8.32. The first-order chi connectivity index (χ1) is 18.6. The number of aliphatic hydroxyl groups is 4. The molecule has 40 heavy (non-hydrogen) atoms. The van der Waals surface area contributed by atoms with Crippen LogP contribution in [-0.4, -0.2) is 88.5 Å². The molecule has 4 rings (SSSR count). The summed E-state index contributed by atoms with van der Waals surface area (Å²) in [5.74, 6) is -0.118. The van der Waals surface area contributed by atoms with Gasteiger partial charge in [-0.15, -0.1) is 0 Å². The van der Waals surface area contributed by atoms with E-state index in [1.807, 2.05) is 0 Å². The van der Waals surface area contributed by atoms with Crippen molar-refractivity contribution in [3.63, 3.8) is 0 Å². The minimum absolute atomic E-state index is 0.0109. The average molecular weight is 569 g/mol. The lowest BCUT2D eigenvalue weighted by Crippen LogP contribution is -2.62. The highest BCUT2D eigenvalue weighted by atomic mass is 16.7. The van der Waals surface area contributed by atoms with Gasteiger partial charge in [-0.1, -0.05) is 39.3 Å². The van der Waals surface area contributed by atoms with Crippen LogP contribution >= 0.6 is 0 Å². The van der Waals surface area contributed by atoms with Crippen molar-refractivity contribution in [3.05, 3.63) is 11.6 Å². The van der Waals surface area contributed by atoms with Crippen LogP contribution < -0.4 is 0 Å². The number of hydrogen-bond acceptors (Lipinski definition) is 10.